The molecule has 0 spiro atoms. The third-order valence-electron chi connectivity index (χ3n) is 3.94. The zero-order chi connectivity index (χ0) is 20.6. The van der Waals surface area contributed by atoms with Gasteiger partial charge in [-0.15, -0.1) is 24.0 Å². The number of rotatable bonds is 13. The van der Waals surface area contributed by atoms with Gasteiger partial charge >= 0.3 is 5.97 Å². The molecule has 0 aliphatic heterocycles. The van der Waals surface area contributed by atoms with Gasteiger partial charge in [-0.1, -0.05) is 6.07 Å². The maximum atomic E-state index is 11.1. The van der Waals surface area contributed by atoms with Gasteiger partial charge < -0.3 is 24.8 Å². The maximum Gasteiger partial charge on any atom is 0.305 e. The van der Waals surface area contributed by atoms with Crippen LogP contribution >= 0.6 is 24.0 Å². The van der Waals surface area contributed by atoms with Gasteiger partial charge in [-0.25, -0.2) is 0 Å². The summed E-state index contributed by atoms with van der Waals surface area (Å²) >= 11 is 0. The number of nitrogens with zero attached hydrogens (tertiary/aromatic N) is 1. The average Bonchev–Trinajstić information content (AvgIpc) is 2.69. The van der Waals surface area contributed by atoms with E-state index in [1.54, 1.807) is 0 Å². The lowest BCUT2D eigenvalue weighted by atomic mass is 10.1. The van der Waals surface area contributed by atoms with E-state index in [0.717, 1.165) is 49.8 Å². The van der Waals surface area contributed by atoms with E-state index in [4.69, 9.17) is 9.47 Å². The third-order valence-corrected chi connectivity index (χ3v) is 3.94. The molecule has 0 fully saturated rings. The molecule has 0 aromatic heterocycles. The molecule has 0 aliphatic carbocycles. The number of methoxy groups -OCH3 is 1. The number of guanidine groups is 1. The Kier molecular flexibility index (Phi) is 16.2. The first kappa shape index (κ1) is 27.3. The fraction of sp³-hybridized carbons (Fsp3) is 0.619. The quantitative estimate of drug-likeness (QED) is 0.136. The van der Waals surface area contributed by atoms with Gasteiger partial charge in [0.2, 0.25) is 0 Å². The zero-order valence-corrected chi connectivity index (χ0v) is 20.4. The molecule has 0 saturated carbocycles. The first-order chi connectivity index (χ1) is 13.6. The third kappa shape index (κ3) is 11.8. The minimum absolute atomic E-state index is 0. The van der Waals surface area contributed by atoms with Crippen LogP contribution in [-0.2, 0) is 16.0 Å². The van der Waals surface area contributed by atoms with Crippen LogP contribution in [-0.4, -0.2) is 51.9 Å². The highest BCUT2D eigenvalue weighted by molar-refractivity contribution is 14.0. The maximum absolute atomic E-state index is 11.1. The molecule has 2 N–H and O–H groups in total. The second kappa shape index (κ2) is 17.2. The SMILES string of the molecule is CCNC(=NCCCCC(=O)OC)NCCc1ccc(OCC)c(OCC)c1.I. The van der Waals surface area contributed by atoms with Crippen LogP contribution in [0.15, 0.2) is 23.2 Å². The highest BCUT2D eigenvalue weighted by Crippen LogP contribution is 2.28. The predicted octanol–water partition coefficient (Wildman–Crippen LogP) is 3.54. The van der Waals surface area contributed by atoms with Crippen molar-refractivity contribution in [2.45, 2.75) is 46.5 Å². The minimum atomic E-state index is -0.171. The van der Waals surface area contributed by atoms with E-state index in [-0.39, 0.29) is 29.9 Å². The number of halogens is 1. The minimum Gasteiger partial charge on any atom is -0.490 e. The first-order valence-corrected chi connectivity index (χ1v) is 10.1. The van der Waals surface area contributed by atoms with Gasteiger partial charge in [0.1, 0.15) is 0 Å². The zero-order valence-electron chi connectivity index (χ0n) is 18.1. The monoisotopic (exact) mass is 521 g/mol. The summed E-state index contributed by atoms with van der Waals surface area (Å²) in [7, 11) is 1.41. The molecule has 0 bridgehead atoms. The van der Waals surface area contributed by atoms with Gasteiger partial charge in [0.05, 0.1) is 20.3 Å². The van der Waals surface area contributed by atoms with Crippen LogP contribution in [0.25, 0.3) is 0 Å². The van der Waals surface area contributed by atoms with Crippen molar-refractivity contribution in [2.75, 3.05) is 40.0 Å². The molecular weight excluding hydrogens is 485 g/mol. The van der Waals surface area contributed by atoms with Gasteiger partial charge in [0, 0.05) is 26.1 Å². The van der Waals surface area contributed by atoms with Crippen molar-refractivity contribution < 1.29 is 19.0 Å². The molecule has 29 heavy (non-hydrogen) atoms. The summed E-state index contributed by atoms with van der Waals surface area (Å²) in [6.45, 7) is 9.41. The summed E-state index contributed by atoms with van der Waals surface area (Å²) in [6.07, 6.45) is 2.92. The number of ether oxygens (including phenoxy) is 3. The highest BCUT2D eigenvalue weighted by Gasteiger charge is 2.06. The molecule has 0 unspecified atom stereocenters. The van der Waals surface area contributed by atoms with Crippen molar-refractivity contribution in [3.63, 3.8) is 0 Å². The van der Waals surface area contributed by atoms with Crippen LogP contribution in [0.4, 0.5) is 0 Å². The van der Waals surface area contributed by atoms with Crippen LogP contribution in [0.2, 0.25) is 0 Å². The smallest absolute Gasteiger partial charge is 0.305 e. The Morgan fingerprint density at radius 2 is 1.76 bits per heavy atom. The van der Waals surface area contributed by atoms with Crippen molar-refractivity contribution in [3.05, 3.63) is 23.8 Å². The normalized spacial score (nSPS) is 10.7. The average molecular weight is 521 g/mol. The highest BCUT2D eigenvalue weighted by atomic mass is 127. The molecular formula is C21H36IN3O4. The Hall–Kier alpha value is -1.71. The number of benzene rings is 1. The van der Waals surface area contributed by atoms with Crippen LogP contribution in [0.5, 0.6) is 11.5 Å². The van der Waals surface area contributed by atoms with Crippen LogP contribution in [0, 0.1) is 0 Å². The van der Waals surface area contributed by atoms with Crippen molar-refractivity contribution >= 4 is 35.9 Å². The van der Waals surface area contributed by atoms with Crippen LogP contribution < -0.4 is 20.1 Å². The molecule has 0 amide bonds. The number of carbonyl (C=O) groups is 1. The standard InChI is InChI=1S/C21H35N3O4.HI/c1-5-22-21(23-14-9-8-10-20(25)26-4)24-15-13-17-11-12-18(27-6-2)19(16-17)28-7-3;/h11-12,16H,5-10,13-15H2,1-4H3,(H2,22,23,24);1H. The second-order valence-electron chi connectivity index (χ2n) is 6.12. The van der Waals surface area contributed by atoms with Gasteiger partial charge in [0.25, 0.3) is 0 Å². The summed E-state index contributed by atoms with van der Waals surface area (Å²) in [6, 6.07) is 6.06. The summed E-state index contributed by atoms with van der Waals surface area (Å²) in [4.78, 5) is 15.7. The van der Waals surface area contributed by atoms with Gasteiger partial charge in [-0.2, -0.15) is 0 Å². The summed E-state index contributed by atoms with van der Waals surface area (Å²) in [5.41, 5.74) is 1.17. The molecule has 1 aromatic carbocycles. The van der Waals surface area contributed by atoms with Gasteiger partial charge in [0.15, 0.2) is 17.5 Å². The van der Waals surface area contributed by atoms with E-state index < -0.39 is 0 Å². The molecule has 1 aromatic rings. The molecule has 166 valence electrons. The van der Waals surface area contributed by atoms with E-state index in [1.807, 2.05) is 32.9 Å². The number of unbranched alkanes of at least 4 members (excludes halogenated alkanes) is 1. The number of hydrogen-bond acceptors (Lipinski definition) is 5. The van der Waals surface area contributed by atoms with Gasteiger partial charge in [-0.3, -0.25) is 9.79 Å². The van der Waals surface area contributed by atoms with E-state index >= 15 is 0 Å². The van der Waals surface area contributed by atoms with Crippen LogP contribution in [0.1, 0.15) is 45.6 Å². The second-order valence-corrected chi connectivity index (χ2v) is 6.12. The van der Waals surface area contributed by atoms with Crippen molar-refractivity contribution in [3.8, 4) is 11.5 Å². The Morgan fingerprint density at radius 1 is 1.03 bits per heavy atom. The lowest BCUT2D eigenvalue weighted by Crippen LogP contribution is -2.38. The Bertz CT molecular complexity index is 612. The van der Waals surface area contributed by atoms with Crippen molar-refractivity contribution in [1.82, 2.24) is 10.6 Å². The molecule has 8 heteroatoms. The Morgan fingerprint density at radius 3 is 2.41 bits per heavy atom. The van der Waals surface area contributed by atoms with Crippen LogP contribution in [0.3, 0.4) is 0 Å². The fourth-order valence-electron chi connectivity index (χ4n) is 2.59. The fourth-order valence-corrected chi connectivity index (χ4v) is 2.59. The van der Waals surface area contributed by atoms with E-state index in [1.165, 1.54) is 12.7 Å². The van der Waals surface area contributed by atoms with E-state index in [0.29, 0.717) is 26.2 Å². The largest absolute Gasteiger partial charge is 0.490 e. The Balaban J connectivity index is 0.00000784. The van der Waals surface area contributed by atoms with Crippen molar-refractivity contribution in [2.24, 2.45) is 4.99 Å². The molecule has 7 nitrogen and oxygen atoms in total. The van der Waals surface area contributed by atoms with E-state index in [9.17, 15) is 4.79 Å². The number of nitrogens with one attached hydrogen (secondary N) is 2. The molecule has 0 radical (unpaired) electrons. The molecule has 0 atom stereocenters. The number of carbonyl (C=O) groups excluding carboxylic acids is 1. The van der Waals surface area contributed by atoms with Gasteiger partial charge in [-0.05, 0) is 57.7 Å². The molecule has 1 rings (SSSR count). The molecule has 0 heterocycles. The van der Waals surface area contributed by atoms with Crippen molar-refractivity contribution in [1.29, 1.82) is 0 Å². The predicted molar refractivity (Wildman–Crippen MR) is 128 cm³/mol. The lowest BCUT2D eigenvalue weighted by molar-refractivity contribution is -0.140. The summed E-state index contributed by atoms with van der Waals surface area (Å²) < 4.78 is 15.9. The Labute approximate surface area is 192 Å². The van der Waals surface area contributed by atoms with E-state index in [2.05, 4.69) is 26.4 Å². The molecule has 0 saturated heterocycles. The topological polar surface area (TPSA) is 81.2 Å². The lowest BCUT2D eigenvalue weighted by Gasteiger charge is -2.14. The number of esters is 1. The molecule has 0 aliphatic rings. The first-order valence-electron chi connectivity index (χ1n) is 10.1. The number of hydrogen-bond donors (Lipinski definition) is 2. The summed E-state index contributed by atoms with van der Waals surface area (Å²) in [5, 5.41) is 6.59. The number of aliphatic imine (C=N–C) groups is 1. The summed E-state index contributed by atoms with van der Waals surface area (Å²) in [5.74, 6) is 2.18.